The number of anilines is 1. The van der Waals surface area contributed by atoms with Crippen LogP contribution >= 0.6 is 0 Å². The maximum Gasteiger partial charge on any atom is 0.292 e. The first-order valence-electron chi connectivity index (χ1n) is 5.68. The monoisotopic (exact) mass is 231 g/mol. The molecule has 0 bridgehead atoms. The highest BCUT2D eigenvalue weighted by atomic mass is 16.4. The molecule has 0 amide bonds. The van der Waals surface area contributed by atoms with Crippen molar-refractivity contribution in [2.24, 2.45) is 5.73 Å². The van der Waals surface area contributed by atoms with Gasteiger partial charge in [0.25, 0.3) is 6.01 Å². The third kappa shape index (κ3) is 2.17. The highest BCUT2D eigenvalue weighted by Gasteiger charge is 2.18. The SMILES string of the molecule is CC(C)c1oc(N)nc1-c1ccccc1CN. The van der Waals surface area contributed by atoms with Gasteiger partial charge in [0.1, 0.15) is 11.5 Å². The Morgan fingerprint density at radius 3 is 2.65 bits per heavy atom. The Labute approximate surface area is 101 Å². The molecule has 4 N–H and O–H groups in total. The molecule has 4 heteroatoms. The summed E-state index contributed by atoms with van der Waals surface area (Å²) >= 11 is 0. The molecule has 0 fully saturated rings. The Kier molecular flexibility index (Phi) is 3.15. The van der Waals surface area contributed by atoms with Gasteiger partial charge in [-0.2, -0.15) is 4.98 Å². The van der Waals surface area contributed by atoms with Gasteiger partial charge in [0.2, 0.25) is 0 Å². The first kappa shape index (κ1) is 11.7. The lowest BCUT2D eigenvalue weighted by Crippen LogP contribution is -2.00. The summed E-state index contributed by atoms with van der Waals surface area (Å²) in [5.74, 6) is 1.05. The Morgan fingerprint density at radius 2 is 2.00 bits per heavy atom. The van der Waals surface area contributed by atoms with Crippen molar-refractivity contribution in [1.29, 1.82) is 0 Å². The minimum absolute atomic E-state index is 0.204. The van der Waals surface area contributed by atoms with E-state index in [1.165, 1.54) is 0 Å². The van der Waals surface area contributed by atoms with Gasteiger partial charge in [0.05, 0.1) is 0 Å². The van der Waals surface area contributed by atoms with Crippen LogP contribution in [-0.4, -0.2) is 4.98 Å². The van der Waals surface area contributed by atoms with Gasteiger partial charge in [-0.15, -0.1) is 0 Å². The van der Waals surface area contributed by atoms with Crippen molar-refractivity contribution in [2.75, 3.05) is 5.73 Å². The Bertz CT molecular complexity index is 517. The van der Waals surface area contributed by atoms with Gasteiger partial charge in [-0.3, -0.25) is 0 Å². The largest absolute Gasteiger partial charge is 0.428 e. The summed E-state index contributed by atoms with van der Waals surface area (Å²) in [5.41, 5.74) is 14.2. The van der Waals surface area contributed by atoms with E-state index in [1.54, 1.807) is 0 Å². The Hall–Kier alpha value is -1.81. The van der Waals surface area contributed by atoms with E-state index in [9.17, 15) is 0 Å². The van der Waals surface area contributed by atoms with Gasteiger partial charge < -0.3 is 15.9 Å². The van der Waals surface area contributed by atoms with Gasteiger partial charge in [-0.1, -0.05) is 38.1 Å². The van der Waals surface area contributed by atoms with Crippen molar-refractivity contribution >= 4 is 6.01 Å². The van der Waals surface area contributed by atoms with E-state index < -0.39 is 0 Å². The normalized spacial score (nSPS) is 11.1. The predicted molar refractivity (Wildman–Crippen MR) is 68.3 cm³/mol. The van der Waals surface area contributed by atoms with E-state index in [2.05, 4.69) is 18.8 Å². The molecule has 0 aliphatic rings. The van der Waals surface area contributed by atoms with Crippen molar-refractivity contribution < 1.29 is 4.42 Å². The minimum atomic E-state index is 0.204. The lowest BCUT2D eigenvalue weighted by Gasteiger charge is -2.07. The molecule has 90 valence electrons. The second-order valence-corrected chi connectivity index (χ2v) is 4.28. The standard InChI is InChI=1S/C13H17N3O/c1-8(2)12-11(16-13(15)17-12)10-6-4-3-5-9(10)7-14/h3-6,8H,7,14H2,1-2H3,(H2,15,16). The van der Waals surface area contributed by atoms with Gasteiger partial charge >= 0.3 is 0 Å². The van der Waals surface area contributed by atoms with Crippen LogP contribution in [-0.2, 0) is 6.54 Å². The first-order chi connectivity index (χ1) is 8.13. The summed E-state index contributed by atoms with van der Waals surface area (Å²) in [5, 5.41) is 0. The molecule has 2 rings (SSSR count). The molecule has 0 radical (unpaired) electrons. The van der Waals surface area contributed by atoms with Gasteiger partial charge in [-0.25, -0.2) is 0 Å². The van der Waals surface area contributed by atoms with Crippen molar-refractivity contribution in [1.82, 2.24) is 4.98 Å². The van der Waals surface area contributed by atoms with Crippen molar-refractivity contribution in [3.8, 4) is 11.3 Å². The van der Waals surface area contributed by atoms with Crippen LogP contribution in [0.15, 0.2) is 28.7 Å². The van der Waals surface area contributed by atoms with Crippen molar-refractivity contribution in [2.45, 2.75) is 26.3 Å². The number of hydrogen-bond donors (Lipinski definition) is 2. The Morgan fingerprint density at radius 1 is 1.29 bits per heavy atom. The number of nitrogen functional groups attached to an aromatic ring is 1. The van der Waals surface area contributed by atoms with Crippen LogP contribution in [0.3, 0.4) is 0 Å². The molecular weight excluding hydrogens is 214 g/mol. The zero-order valence-corrected chi connectivity index (χ0v) is 10.1. The number of hydrogen-bond acceptors (Lipinski definition) is 4. The summed E-state index contributed by atoms with van der Waals surface area (Å²) < 4.78 is 5.46. The number of rotatable bonds is 3. The third-order valence-electron chi connectivity index (χ3n) is 2.69. The molecule has 0 atom stereocenters. The average molecular weight is 231 g/mol. The second-order valence-electron chi connectivity index (χ2n) is 4.28. The molecule has 1 aromatic carbocycles. The lowest BCUT2D eigenvalue weighted by molar-refractivity contribution is 0.500. The smallest absolute Gasteiger partial charge is 0.292 e. The van der Waals surface area contributed by atoms with Crippen LogP contribution < -0.4 is 11.5 Å². The van der Waals surface area contributed by atoms with Gasteiger partial charge in [0, 0.05) is 18.0 Å². The quantitative estimate of drug-likeness (QED) is 0.850. The minimum Gasteiger partial charge on any atom is -0.428 e. The number of nitrogens with zero attached hydrogens (tertiary/aromatic N) is 1. The van der Waals surface area contributed by atoms with Crippen LogP contribution in [0.25, 0.3) is 11.3 Å². The van der Waals surface area contributed by atoms with Gasteiger partial charge in [0.15, 0.2) is 0 Å². The zero-order chi connectivity index (χ0) is 12.4. The summed E-state index contributed by atoms with van der Waals surface area (Å²) in [7, 11) is 0. The molecule has 1 aromatic heterocycles. The molecule has 2 aromatic rings. The zero-order valence-electron chi connectivity index (χ0n) is 10.1. The topological polar surface area (TPSA) is 78.1 Å². The lowest BCUT2D eigenvalue weighted by atomic mass is 10.00. The molecule has 4 nitrogen and oxygen atoms in total. The van der Waals surface area contributed by atoms with Crippen LogP contribution in [0.1, 0.15) is 31.1 Å². The van der Waals surface area contributed by atoms with Crippen molar-refractivity contribution in [3.63, 3.8) is 0 Å². The van der Waals surface area contributed by atoms with Crippen LogP contribution in [0.5, 0.6) is 0 Å². The molecule has 0 aliphatic carbocycles. The second kappa shape index (κ2) is 4.59. The van der Waals surface area contributed by atoms with Crippen LogP contribution in [0, 0.1) is 0 Å². The first-order valence-corrected chi connectivity index (χ1v) is 5.68. The number of oxazole rings is 1. The summed E-state index contributed by atoms with van der Waals surface area (Å²) in [4.78, 5) is 4.27. The average Bonchev–Trinajstić information content (AvgIpc) is 2.71. The van der Waals surface area contributed by atoms with Gasteiger partial charge in [-0.05, 0) is 5.56 Å². The highest BCUT2D eigenvalue weighted by Crippen LogP contribution is 2.32. The van der Waals surface area contributed by atoms with E-state index in [0.29, 0.717) is 6.54 Å². The van der Waals surface area contributed by atoms with Crippen molar-refractivity contribution in [3.05, 3.63) is 35.6 Å². The number of nitrogens with two attached hydrogens (primary N) is 2. The predicted octanol–water partition coefficient (Wildman–Crippen LogP) is 2.51. The fourth-order valence-corrected chi connectivity index (χ4v) is 1.86. The van der Waals surface area contributed by atoms with Crippen LogP contribution in [0.2, 0.25) is 0 Å². The molecule has 0 unspecified atom stereocenters. The van der Waals surface area contributed by atoms with E-state index in [4.69, 9.17) is 15.9 Å². The van der Waals surface area contributed by atoms with E-state index in [-0.39, 0.29) is 11.9 Å². The molecular formula is C13H17N3O. The van der Waals surface area contributed by atoms with E-state index >= 15 is 0 Å². The number of benzene rings is 1. The van der Waals surface area contributed by atoms with E-state index in [1.807, 2.05) is 24.3 Å². The Balaban J connectivity index is 2.59. The molecule has 1 heterocycles. The summed E-state index contributed by atoms with van der Waals surface area (Å²) in [6.07, 6.45) is 0. The molecule has 0 saturated carbocycles. The maximum atomic E-state index is 5.73. The highest BCUT2D eigenvalue weighted by molar-refractivity contribution is 5.67. The molecule has 0 saturated heterocycles. The van der Waals surface area contributed by atoms with E-state index in [0.717, 1.165) is 22.6 Å². The number of aromatic nitrogens is 1. The summed E-state index contributed by atoms with van der Waals surface area (Å²) in [6.45, 7) is 4.57. The summed E-state index contributed by atoms with van der Waals surface area (Å²) in [6, 6.07) is 8.11. The molecule has 0 aliphatic heterocycles. The molecule has 17 heavy (non-hydrogen) atoms. The maximum absolute atomic E-state index is 5.73. The third-order valence-corrected chi connectivity index (χ3v) is 2.69. The fourth-order valence-electron chi connectivity index (χ4n) is 1.86. The van der Waals surface area contributed by atoms with Crippen LogP contribution in [0.4, 0.5) is 6.01 Å². The fraction of sp³-hybridized carbons (Fsp3) is 0.308. The molecule has 0 spiro atoms.